The predicted octanol–water partition coefficient (Wildman–Crippen LogP) is 3.88. The average molecular weight is 352 g/mol. The maximum absolute atomic E-state index is 12.0. The van der Waals surface area contributed by atoms with Gasteiger partial charge in [0.05, 0.1) is 6.54 Å². The van der Waals surface area contributed by atoms with Crippen LogP contribution in [0.1, 0.15) is 54.6 Å². The van der Waals surface area contributed by atoms with Crippen LogP contribution in [0.25, 0.3) is 0 Å². The molecule has 2 aromatic carbocycles. The zero-order chi connectivity index (χ0) is 18.9. The lowest BCUT2D eigenvalue weighted by atomic mass is 10.0. The van der Waals surface area contributed by atoms with Gasteiger partial charge in [-0.05, 0) is 47.7 Å². The van der Waals surface area contributed by atoms with Crippen molar-refractivity contribution in [1.82, 2.24) is 5.32 Å². The first kappa shape index (κ1) is 19.5. The quantitative estimate of drug-likeness (QED) is 0.523. The van der Waals surface area contributed by atoms with Crippen molar-refractivity contribution in [2.24, 2.45) is 10.7 Å². The SMILES string of the molecule is CCCNC(=O)c1cccc(CN=C(N)Nc2cccc(C(C)C)c2)c1. The number of hydrogen-bond donors (Lipinski definition) is 3. The molecule has 26 heavy (non-hydrogen) atoms. The van der Waals surface area contributed by atoms with E-state index in [4.69, 9.17) is 5.73 Å². The Morgan fingerprint density at radius 1 is 1.15 bits per heavy atom. The maximum Gasteiger partial charge on any atom is 0.251 e. The molecule has 0 aliphatic rings. The van der Waals surface area contributed by atoms with E-state index in [0.29, 0.717) is 30.5 Å². The Hall–Kier alpha value is -2.82. The molecule has 0 atom stereocenters. The van der Waals surface area contributed by atoms with E-state index in [0.717, 1.165) is 17.7 Å². The van der Waals surface area contributed by atoms with Crippen LogP contribution in [0.5, 0.6) is 0 Å². The number of nitrogens with zero attached hydrogens (tertiary/aromatic N) is 1. The first-order valence-electron chi connectivity index (χ1n) is 9.03. The Morgan fingerprint density at radius 2 is 1.92 bits per heavy atom. The predicted molar refractivity (Wildman–Crippen MR) is 109 cm³/mol. The standard InChI is InChI=1S/C21H28N4O/c1-4-11-23-20(26)18-9-5-7-16(12-18)14-24-21(22)25-19-10-6-8-17(13-19)15(2)3/h5-10,12-13,15H,4,11,14H2,1-3H3,(H,23,26)(H3,22,24,25). The highest BCUT2D eigenvalue weighted by atomic mass is 16.1. The van der Waals surface area contributed by atoms with Crippen molar-refractivity contribution in [3.8, 4) is 0 Å². The Labute approximate surface area is 155 Å². The molecule has 1 amide bonds. The van der Waals surface area contributed by atoms with Gasteiger partial charge in [-0.25, -0.2) is 4.99 Å². The van der Waals surface area contributed by atoms with Crippen LogP contribution >= 0.6 is 0 Å². The van der Waals surface area contributed by atoms with Crippen molar-refractivity contribution in [3.05, 3.63) is 65.2 Å². The van der Waals surface area contributed by atoms with Crippen molar-refractivity contribution in [2.75, 3.05) is 11.9 Å². The third kappa shape index (κ3) is 5.92. The van der Waals surface area contributed by atoms with E-state index in [1.54, 1.807) is 6.07 Å². The lowest BCUT2D eigenvalue weighted by Crippen LogP contribution is -2.24. The van der Waals surface area contributed by atoms with Gasteiger partial charge in [-0.1, -0.05) is 45.0 Å². The fourth-order valence-electron chi connectivity index (χ4n) is 2.49. The molecule has 0 spiro atoms. The van der Waals surface area contributed by atoms with Gasteiger partial charge in [-0.3, -0.25) is 4.79 Å². The van der Waals surface area contributed by atoms with Crippen molar-refractivity contribution < 1.29 is 4.79 Å². The van der Waals surface area contributed by atoms with Crippen molar-refractivity contribution in [3.63, 3.8) is 0 Å². The summed E-state index contributed by atoms with van der Waals surface area (Å²) in [5.41, 5.74) is 9.75. The van der Waals surface area contributed by atoms with E-state index in [9.17, 15) is 4.79 Å². The van der Waals surface area contributed by atoms with Crippen molar-refractivity contribution in [1.29, 1.82) is 0 Å². The topological polar surface area (TPSA) is 79.5 Å². The lowest BCUT2D eigenvalue weighted by molar-refractivity contribution is 0.0953. The second kappa shape index (κ2) is 9.61. The number of benzene rings is 2. The van der Waals surface area contributed by atoms with E-state index >= 15 is 0 Å². The van der Waals surface area contributed by atoms with Crippen LogP contribution in [0, 0.1) is 0 Å². The van der Waals surface area contributed by atoms with Crippen LogP contribution in [0.15, 0.2) is 53.5 Å². The molecule has 0 aliphatic heterocycles. The van der Waals surface area contributed by atoms with Gasteiger partial charge in [0.25, 0.3) is 5.91 Å². The van der Waals surface area contributed by atoms with Gasteiger partial charge in [0.15, 0.2) is 5.96 Å². The maximum atomic E-state index is 12.0. The number of nitrogens with one attached hydrogen (secondary N) is 2. The summed E-state index contributed by atoms with van der Waals surface area (Å²) in [6.07, 6.45) is 0.913. The van der Waals surface area contributed by atoms with Crippen LogP contribution < -0.4 is 16.4 Å². The Morgan fingerprint density at radius 3 is 2.65 bits per heavy atom. The molecule has 0 aromatic heterocycles. The van der Waals surface area contributed by atoms with E-state index in [2.05, 4.69) is 41.6 Å². The summed E-state index contributed by atoms with van der Waals surface area (Å²) >= 11 is 0. The average Bonchev–Trinajstić information content (AvgIpc) is 2.65. The molecule has 0 radical (unpaired) electrons. The molecule has 2 rings (SSSR count). The molecule has 2 aromatic rings. The zero-order valence-electron chi connectivity index (χ0n) is 15.8. The molecule has 5 nitrogen and oxygen atoms in total. The van der Waals surface area contributed by atoms with Crippen molar-refractivity contribution >= 4 is 17.6 Å². The van der Waals surface area contributed by atoms with Gasteiger partial charge >= 0.3 is 0 Å². The number of aliphatic imine (C=N–C) groups is 1. The molecule has 0 heterocycles. The fraction of sp³-hybridized carbons (Fsp3) is 0.333. The van der Waals surface area contributed by atoms with Crippen LogP contribution in [0.3, 0.4) is 0 Å². The summed E-state index contributed by atoms with van der Waals surface area (Å²) in [6.45, 7) is 7.42. The Bertz CT molecular complexity index is 768. The number of carbonyl (C=O) groups excluding carboxylic acids is 1. The smallest absolute Gasteiger partial charge is 0.251 e. The monoisotopic (exact) mass is 352 g/mol. The van der Waals surface area contributed by atoms with Crippen LogP contribution in [0.4, 0.5) is 5.69 Å². The second-order valence-corrected chi connectivity index (χ2v) is 6.56. The summed E-state index contributed by atoms with van der Waals surface area (Å²) in [5.74, 6) is 0.748. The van der Waals surface area contributed by atoms with E-state index in [1.165, 1.54) is 5.56 Å². The molecule has 0 fully saturated rings. The van der Waals surface area contributed by atoms with Crippen LogP contribution in [-0.2, 0) is 6.54 Å². The number of amides is 1. The van der Waals surface area contributed by atoms with Gasteiger partial charge in [0.1, 0.15) is 0 Å². The fourth-order valence-corrected chi connectivity index (χ4v) is 2.49. The highest BCUT2D eigenvalue weighted by Gasteiger charge is 2.05. The summed E-state index contributed by atoms with van der Waals surface area (Å²) in [7, 11) is 0. The molecule has 138 valence electrons. The number of guanidine groups is 1. The van der Waals surface area contributed by atoms with Gasteiger partial charge in [-0.2, -0.15) is 0 Å². The zero-order valence-corrected chi connectivity index (χ0v) is 15.8. The Balaban J connectivity index is 2.00. The molecule has 0 aliphatic carbocycles. The van der Waals surface area contributed by atoms with E-state index < -0.39 is 0 Å². The van der Waals surface area contributed by atoms with Crippen molar-refractivity contribution in [2.45, 2.75) is 39.7 Å². The third-order valence-electron chi connectivity index (χ3n) is 3.98. The minimum atomic E-state index is -0.0609. The third-order valence-corrected chi connectivity index (χ3v) is 3.98. The molecule has 0 saturated heterocycles. The Kier molecular flexibility index (Phi) is 7.21. The summed E-state index contributed by atoms with van der Waals surface area (Å²) in [4.78, 5) is 16.4. The number of carbonyl (C=O) groups is 1. The summed E-state index contributed by atoms with van der Waals surface area (Å²) in [5, 5.41) is 6.00. The summed E-state index contributed by atoms with van der Waals surface area (Å²) in [6, 6.07) is 15.6. The molecule has 0 unspecified atom stereocenters. The highest BCUT2D eigenvalue weighted by molar-refractivity contribution is 5.94. The molecule has 0 bridgehead atoms. The second-order valence-electron chi connectivity index (χ2n) is 6.56. The molecule has 4 N–H and O–H groups in total. The van der Waals surface area contributed by atoms with Gasteiger partial charge in [0, 0.05) is 17.8 Å². The minimum Gasteiger partial charge on any atom is -0.370 e. The minimum absolute atomic E-state index is 0.0609. The highest BCUT2D eigenvalue weighted by Crippen LogP contribution is 2.18. The number of hydrogen-bond acceptors (Lipinski definition) is 2. The van der Waals surface area contributed by atoms with Gasteiger partial charge < -0.3 is 16.4 Å². The van der Waals surface area contributed by atoms with Crippen LogP contribution in [0.2, 0.25) is 0 Å². The normalized spacial score (nSPS) is 11.5. The molecular formula is C21H28N4O. The summed E-state index contributed by atoms with van der Waals surface area (Å²) < 4.78 is 0. The molecule has 5 heteroatoms. The first-order chi connectivity index (χ1) is 12.5. The number of nitrogens with two attached hydrogens (primary N) is 1. The molecule has 0 saturated carbocycles. The largest absolute Gasteiger partial charge is 0.370 e. The first-order valence-corrected chi connectivity index (χ1v) is 9.03. The van der Waals surface area contributed by atoms with Gasteiger partial charge in [-0.15, -0.1) is 0 Å². The molecular weight excluding hydrogens is 324 g/mol. The van der Waals surface area contributed by atoms with Gasteiger partial charge in [0.2, 0.25) is 0 Å². The number of rotatable bonds is 7. The van der Waals surface area contributed by atoms with Crippen LogP contribution in [-0.4, -0.2) is 18.4 Å². The lowest BCUT2D eigenvalue weighted by Gasteiger charge is -2.10. The van der Waals surface area contributed by atoms with E-state index in [1.807, 2.05) is 37.3 Å². The number of anilines is 1. The van der Waals surface area contributed by atoms with E-state index in [-0.39, 0.29) is 5.91 Å².